The predicted octanol–water partition coefficient (Wildman–Crippen LogP) is 2.95. The van der Waals surface area contributed by atoms with Crippen LogP contribution in [0.25, 0.3) is 0 Å². The van der Waals surface area contributed by atoms with Crippen molar-refractivity contribution >= 4 is 17.9 Å². The van der Waals surface area contributed by atoms with Gasteiger partial charge in [0.25, 0.3) is 0 Å². The summed E-state index contributed by atoms with van der Waals surface area (Å²) in [5, 5.41) is 0.318. The normalized spacial score (nSPS) is 33.2. The molecule has 3 atom stereocenters. The number of hydrogen-bond donors (Lipinski definition) is 0. The molecule has 16 heavy (non-hydrogen) atoms. The second-order valence-electron chi connectivity index (χ2n) is 5.81. The molecule has 2 fully saturated rings. The second kappa shape index (κ2) is 4.13. The maximum atomic E-state index is 12.0. The van der Waals surface area contributed by atoms with Crippen LogP contribution in [0.4, 0.5) is 4.79 Å². The summed E-state index contributed by atoms with van der Waals surface area (Å²) in [4.78, 5) is 14.0. The number of ether oxygens (including phenoxy) is 1. The van der Waals surface area contributed by atoms with Crippen LogP contribution in [0, 0.1) is 11.8 Å². The van der Waals surface area contributed by atoms with E-state index in [0.29, 0.717) is 5.37 Å². The van der Waals surface area contributed by atoms with Crippen LogP contribution in [0.5, 0.6) is 0 Å². The summed E-state index contributed by atoms with van der Waals surface area (Å²) in [6.07, 6.45) is 4.38. The number of likely N-dealkylation sites (tertiary alicyclic amines) is 1. The van der Waals surface area contributed by atoms with Crippen LogP contribution in [0.1, 0.15) is 33.6 Å². The third-order valence-electron chi connectivity index (χ3n) is 3.25. The van der Waals surface area contributed by atoms with E-state index in [2.05, 4.69) is 6.26 Å². The van der Waals surface area contributed by atoms with Crippen molar-refractivity contribution in [2.75, 3.05) is 12.8 Å². The van der Waals surface area contributed by atoms with Crippen LogP contribution < -0.4 is 0 Å². The topological polar surface area (TPSA) is 29.5 Å². The summed E-state index contributed by atoms with van der Waals surface area (Å²) >= 11 is 1.76. The van der Waals surface area contributed by atoms with Crippen LogP contribution in [-0.4, -0.2) is 34.8 Å². The average Bonchev–Trinajstić information content (AvgIpc) is 2.90. The molecule has 0 aromatic rings. The van der Waals surface area contributed by atoms with Gasteiger partial charge in [-0.1, -0.05) is 0 Å². The van der Waals surface area contributed by atoms with E-state index in [-0.39, 0.29) is 11.7 Å². The fourth-order valence-electron chi connectivity index (χ4n) is 2.32. The van der Waals surface area contributed by atoms with Gasteiger partial charge >= 0.3 is 6.09 Å². The summed E-state index contributed by atoms with van der Waals surface area (Å²) < 4.78 is 5.45. The molecule has 1 saturated heterocycles. The van der Waals surface area contributed by atoms with Gasteiger partial charge in [0, 0.05) is 6.54 Å². The Labute approximate surface area is 102 Å². The van der Waals surface area contributed by atoms with Crippen molar-refractivity contribution in [1.29, 1.82) is 0 Å². The molecule has 3 nitrogen and oxygen atoms in total. The molecule has 2 aliphatic rings. The summed E-state index contributed by atoms with van der Waals surface area (Å²) in [7, 11) is 0. The van der Waals surface area contributed by atoms with E-state index >= 15 is 0 Å². The Morgan fingerprint density at radius 1 is 1.31 bits per heavy atom. The fourth-order valence-corrected chi connectivity index (χ4v) is 3.18. The van der Waals surface area contributed by atoms with E-state index < -0.39 is 0 Å². The molecule has 0 spiro atoms. The maximum Gasteiger partial charge on any atom is 0.411 e. The summed E-state index contributed by atoms with van der Waals surface area (Å²) in [6.45, 7) is 6.65. The van der Waals surface area contributed by atoms with E-state index in [1.54, 1.807) is 11.8 Å². The van der Waals surface area contributed by atoms with Crippen LogP contribution in [0.3, 0.4) is 0 Å². The summed E-state index contributed by atoms with van der Waals surface area (Å²) in [6, 6.07) is 0. The Balaban J connectivity index is 1.98. The summed E-state index contributed by atoms with van der Waals surface area (Å²) in [5.74, 6) is 1.62. The van der Waals surface area contributed by atoms with Crippen molar-refractivity contribution in [3.8, 4) is 0 Å². The van der Waals surface area contributed by atoms with E-state index in [4.69, 9.17) is 4.74 Å². The molecule has 0 N–H and O–H groups in total. The molecular weight excluding hydrogens is 222 g/mol. The van der Waals surface area contributed by atoms with Gasteiger partial charge in [0.2, 0.25) is 0 Å². The van der Waals surface area contributed by atoms with Gasteiger partial charge in [-0.25, -0.2) is 4.79 Å². The molecule has 1 aliphatic heterocycles. The number of nitrogens with zero attached hydrogens (tertiary/aromatic N) is 1. The largest absolute Gasteiger partial charge is 0.444 e. The van der Waals surface area contributed by atoms with Gasteiger partial charge in [-0.3, -0.25) is 4.90 Å². The van der Waals surface area contributed by atoms with Gasteiger partial charge in [-0.15, -0.1) is 11.8 Å². The van der Waals surface area contributed by atoms with E-state index in [1.165, 1.54) is 6.42 Å². The minimum Gasteiger partial charge on any atom is -0.444 e. The predicted molar refractivity (Wildman–Crippen MR) is 66.5 cm³/mol. The lowest BCUT2D eigenvalue weighted by molar-refractivity contribution is 0.0177. The number of carbonyl (C=O) groups is 1. The summed E-state index contributed by atoms with van der Waals surface area (Å²) in [5.41, 5.74) is -0.388. The van der Waals surface area contributed by atoms with E-state index in [1.807, 2.05) is 25.7 Å². The van der Waals surface area contributed by atoms with Crippen molar-refractivity contribution in [2.45, 2.75) is 44.6 Å². The first-order valence-electron chi connectivity index (χ1n) is 5.93. The van der Waals surface area contributed by atoms with E-state index in [0.717, 1.165) is 24.8 Å². The maximum absolute atomic E-state index is 12.0. The van der Waals surface area contributed by atoms with Crippen molar-refractivity contribution < 1.29 is 9.53 Å². The Bertz CT molecular complexity index is 287. The highest BCUT2D eigenvalue weighted by Crippen LogP contribution is 2.49. The molecule has 92 valence electrons. The third kappa shape index (κ3) is 2.65. The highest BCUT2D eigenvalue weighted by molar-refractivity contribution is 7.99. The zero-order chi connectivity index (χ0) is 11.9. The van der Waals surface area contributed by atoms with Gasteiger partial charge in [-0.05, 0) is 51.7 Å². The number of thioether (sulfide) groups is 1. The number of rotatable bonds is 1. The molecule has 1 amide bonds. The standard InChI is InChI=1S/C12H21NO2S/c1-12(2,3)15-11(14)13-7-9-5-8(9)6-10(13)16-4/h8-10H,5-7H2,1-4H3. The number of hydrogen-bond acceptors (Lipinski definition) is 3. The van der Waals surface area contributed by atoms with Gasteiger partial charge in [0.15, 0.2) is 0 Å². The zero-order valence-electron chi connectivity index (χ0n) is 10.5. The molecule has 2 rings (SSSR count). The van der Waals surface area contributed by atoms with Crippen molar-refractivity contribution in [3.63, 3.8) is 0 Å². The van der Waals surface area contributed by atoms with Gasteiger partial charge < -0.3 is 4.74 Å². The van der Waals surface area contributed by atoms with Crippen LogP contribution >= 0.6 is 11.8 Å². The highest BCUT2D eigenvalue weighted by Gasteiger charge is 2.47. The molecule has 0 aromatic carbocycles. The molecule has 1 heterocycles. The van der Waals surface area contributed by atoms with Gasteiger partial charge in [0.05, 0.1) is 5.37 Å². The first kappa shape index (κ1) is 12.1. The second-order valence-corrected chi connectivity index (χ2v) is 6.83. The minimum absolute atomic E-state index is 0.141. The molecule has 3 unspecified atom stereocenters. The molecule has 0 aromatic heterocycles. The molecule has 0 radical (unpaired) electrons. The highest BCUT2D eigenvalue weighted by atomic mass is 32.2. The molecule has 0 bridgehead atoms. The number of amides is 1. The smallest absolute Gasteiger partial charge is 0.411 e. The Morgan fingerprint density at radius 3 is 2.56 bits per heavy atom. The lowest BCUT2D eigenvalue weighted by Crippen LogP contribution is -2.45. The molecular formula is C12H21NO2S. The Kier molecular flexibility index (Phi) is 3.12. The first-order valence-corrected chi connectivity index (χ1v) is 7.22. The van der Waals surface area contributed by atoms with Gasteiger partial charge in [-0.2, -0.15) is 0 Å². The zero-order valence-corrected chi connectivity index (χ0v) is 11.3. The third-order valence-corrected chi connectivity index (χ3v) is 4.24. The number of carbonyl (C=O) groups excluding carboxylic acids is 1. The van der Waals surface area contributed by atoms with Crippen molar-refractivity contribution in [1.82, 2.24) is 4.90 Å². The Hall–Kier alpha value is -0.380. The van der Waals surface area contributed by atoms with Crippen LogP contribution in [0.2, 0.25) is 0 Å². The van der Waals surface area contributed by atoms with Crippen LogP contribution in [0.15, 0.2) is 0 Å². The molecule has 4 heteroatoms. The minimum atomic E-state index is -0.388. The molecule has 1 saturated carbocycles. The van der Waals surface area contributed by atoms with Crippen LogP contribution in [-0.2, 0) is 4.74 Å². The van der Waals surface area contributed by atoms with Crippen molar-refractivity contribution in [3.05, 3.63) is 0 Å². The quantitative estimate of drug-likeness (QED) is 0.709. The van der Waals surface area contributed by atoms with Crippen molar-refractivity contribution in [2.24, 2.45) is 11.8 Å². The number of piperidine rings is 1. The molecule has 1 aliphatic carbocycles. The Morgan fingerprint density at radius 2 is 2.00 bits per heavy atom. The first-order chi connectivity index (χ1) is 7.40. The average molecular weight is 243 g/mol. The monoisotopic (exact) mass is 243 g/mol. The number of fused-ring (bicyclic) bond motifs is 1. The van der Waals surface area contributed by atoms with Gasteiger partial charge in [0.1, 0.15) is 5.60 Å². The lowest BCUT2D eigenvalue weighted by Gasteiger charge is -2.35. The fraction of sp³-hybridized carbons (Fsp3) is 0.917. The lowest BCUT2D eigenvalue weighted by atomic mass is 10.1. The van der Waals surface area contributed by atoms with E-state index in [9.17, 15) is 4.79 Å². The SMILES string of the molecule is CSC1CC2CC2CN1C(=O)OC(C)(C)C.